The van der Waals surface area contributed by atoms with Crippen LogP contribution in [0.15, 0.2) is 41.3 Å². The molecule has 0 aliphatic rings. The molecule has 0 aliphatic heterocycles. The first kappa shape index (κ1) is 15.4. The number of sulfonamides is 1. The number of anilines is 1. The Bertz CT molecular complexity index is 777. The molecular weight excluding hydrogens is 298 g/mol. The molecule has 0 unspecified atom stereocenters. The Morgan fingerprint density at radius 1 is 1.10 bits per heavy atom. The molecule has 0 bridgehead atoms. The third-order valence-electron chi connectivity index (χ3n) is 3.01. The fourth-order valence-electron chi connectivity index (χ4n) is 1.70. The highest BCUT2D eigenvalue weighted by atomic mass is 32.2. The summed E-state index contributed by atoms with van der Waals surface area (Å²) in [6, 6.07) is 7.58. The maximum atomic E-state index is 13.1. The second-order valence-corrected chi connectivity index (χ2v) is 6.36. The molecular formula is C14H14F2N2O2S. The van der Waals surface area contributed by atoms with Gasteiger partial charge in [-0.25, -0.2) is 21.9 Å². The van der Waals surface area contributed by atoms with Gasteiger partial charge in [-0.1, -0.05) is 12.1 Å². The average Bonchev–Trinajstić information content (AvgIpc) is 2.43. The number of nitrogens with one attached hydrogen (secondary N) is 1. The molecule has 2 aromatic rings. The van der Waals surface area contributed by atoms with E-state index in [0.717, 1.165) is 17.7 Å². The van der Waals surface area contributed by atoms with E-state index in [0.29, 0.717) is 11.3 Å². The van der Waals surface area contributed by atoms with Crippen LogP contribution in [0.5, 0.6) is 0 Å². The summed E-state index contributed by atoms with van der Waals surface area (Å²) in [5, 5.41) is 0. The molecule has 21 heavy (non-hydrogen) atoms. The molecule has 0 saturated carbocycles. The Kier molecular flexibility index (Phi) is 4.24. The van der Waals surface area contributed by atoms with Crippen molar-refractivity contribution in [2.24, 2.45) is 0 Å². The van der Waals surface area contributed by atoms with E-state index in [2.05, 4.69) is 4.72 Å². The minimum Gasteiger partial charge on any atom is -0.398 e. The summed E-state index contributed by atoms with van der Waals surface area (Å²) < 4.78 is 52.3. The quantitative estimate of drug-likeness (QED) is 0.851. The van der Waals surface area contributed by atoms with Crippen LogP contribution in [0.25, 0.3) is 0 Å². The van der Waals surface area contributed by atoms with Crippen molar-refractivity contribution in [1.82, 2.24) is 4.72 Å². The summed E-state index contributed by atoms with van der Waals surface area (Å²) in [5.41, 5.74) is 7.13. The van der Waals surface area contributed by atoms with Gasteiger partial charge in [0.05, 0.1) is 4.90 Å². The van der Waals surface area contributed by atoms with E-state index in [9.17, 15) is 17.2 Å². The fourth-order valence-corrected chi connectivity index (χ4v) is 2.75. The lowest BCUT2D eigenvalue weighted by Gasteiger charge is -2.09. The monoisotopic (exact) mass is 312 g/mol. The van der Waals surface area contributed by atoms with Crippen molar-refractivity contribution in [1.29, 1.82) is 0 Å². The van der Waals surface area contributed by atoms with Gasteiger partial charge in [0.2, 0.25) is 10.0 Å². The highest BCUT2D eigenvalue weighted by molar-refractivity contribution is 7.89. The lowest BCUT2D eigenvalue weighted by atomic mass is 10.2. The molecule has 7 heteroatoms. The summed E-state index contributed by atoms with van der Waals surface area (Å²) in [6.45, 7) is 1.62. The van der Waals surface area contributed by atoms with Crippen molar-refractivity contribution in [3.8, 4) is 0 Å². The van der Waals surface area contributed by atoms with Crippen LogP contribution in [0, 0.1) is 18.6 Å². The van der Waals surface area contributed by atoms with Crippen molar-refractivity contribution in [2.75, 3.05) is 5.73 Å². The number of hydrogen-bond acceptors (Lipinski definition) is 3. The van der Waals surface area contributed by atoms with Crippen LogP contribution in [0.1, 0.15) is 11.1 Å². The third kappa shape index (κ3) is 3.56. The van der Waals surface area contributed by atoms with Gasteiger partial charge in [-0.2, -0.15) is 0 Å². The first-order chi connectivity index (χ1) is 9.79. The zero-order chi connectivity index (χ0) is 15.6. The maximum absolute atomic E-state index is 13.1. The minimum absolute atomic E-state index is 0.0215. The van der Waals surface area contributed by atoms with E-state index >= 15 is 0 Å². The van der Waals surface area contributed by atoms with Crippen molar-refractivity contribution in [3.05, 3.63) is 59.2 Å². The maximum Gasteiger partial charge on any atom is 0.240 e. The lowest BCUT2D eigenvalue weighted by molar-refractivity contribution is 0.506. The standard InChI is InChI=1S/C14H14F2N2O2S/c1-9-2-4-11(7-14(9)17)21(19,20)18-8-10-3-5-12(15)13(16)6-10/h2-7,18H,8,17H2,1H3. The molecule has 0 fully saturated rings. The molecule has 0 amide bonds. The largest absolute Gasteiger partial charge is 0.398 e. The fraction of sp³-hybridized carbons (Fsp3) is 0.143. The molecule has 4 nitrogen and oxygen atoms in total. The van der Waals surface area contributed by atoms with Crippen LogP contribution >= 0.6 is 0 Å². The van der Waals surface area contributed by atoms with E-state index in [1.165, 1.54) is 18.2 Å². The molecule has 0 radical (unpaired) electrons. The predicted octanol–water partition coefficient (Wildman–Crippen LogP) is 2.33. The van der Waals surface area contributed by atoms with E-state index < -0.39 is 21.7 Å². The van der Waals surface area contributed by atoms with Crippen LogP contribution in [0.2, 0.25) is 0 Å². The second kappa shape index (κ2) is 5.79. The van der Waals surface area contributed by atoms with Gasteiger partial charge in [0.25, 0.3) is 0 Å². The average molecular weight is 312 g/mol. The first-order valence-corrected chi connectivity index (χ1v) is 7.57. The third-order valence-corrected chi connectivity index (χ3v) is 4.41. The summed E-state index contributed by atoms with van der Waals surface area (Å²) in [7, 11) is -3.77. The Labute approximate surface area is 121 Å². The normalized spacial score (nSPS) is 11.6. The number of hydrogen-bond donors (Lipinski definition) is 2. The zero-order valence-corrected chi connectivity index (χ0v) is 12.0. The number of halogens is 2. The van der Waals surface area contributed by atoms with Gasteiger partial charge < -0.3 is 5.73 Å². The second-order valence-electron chi connectivity index (χ2n) is 4.59. The summed E-state index contributed by atoms with van der Waals surface area (Å²) >= 11 is 0. The Hall–Kier alpha value is -1.99. The highest BCUT2D eigenvalue weighted by Gasteiger charge is 2.15. The minimum atomic E-state index is -3.77. The van der Waals surface area contributed by atoms with E-state index in [1.54, 1.807) is 13.0 Å². The SMILES string of the molecule is Cc1ccc(S(=O)(=O)NCc2ccc(F)c(F)c2)cc1N. The summed E-state index contributed by atoms with van der Waals surface area (Å²) in [6.07, 6.45) is 0. The summed E-state index contributed by atoms with van der Waals surface area (Å²) in [4.78, 5) is 0.0215. The van der Waals surface area contributed by atoms with E-state index in [-0.39, 0.29) is 11.4 Å². The van der Waals surface area contributed by atoms with Crippen molar-refractivity contribution >= 4 is 15.7 Å². The van der Waals surface area contributed by atoms with Gasteiger partial charge in [-0.3, -0.25) is 0 Å². The topological polar surface area (TPSA) is 72.2 Å². The molecule has 112 valence electrons. The van der Waals surface area contributed by atoms with E-state index in [1.807, 2.05) is 0 Å². The molecule has 0 heterocycles. The Balaban J connectivity index is 2.17. The molecule has 2 aromatic carbocycles. The van der Waals surface area contributed by atoms with Gasteiger partial charge in [-0.15, -0.1) is 0 Å². The molecule has 0 saturated heterocycles. The van der Waals surface area contributed by atoms with Gasteiger partial charge >= 0.3 is 0 Å². The van der Waals surface area contributed by atoms with E-state index in [4.69, 9.17) is 5.73 Å². The van der Waals surface area contributed by atoms with Gasteiger partial charge in [0, 0.05) is 12.2 Å². The Morgan fingerprint density at radius 2 is 1.81 bits per heavy atom. The van der Waals surface area contributed by atoms with Crippen molar-refractivity contribution in [3.63, 3.8) is 0 Å². The van der Waals surface area contributed by atoms with Crippen LogP contribution in [0.3, 0.4) is 0 Å². The van der Waals surface area contributed by atoms with Gasteiger partial charge in [0.15, 0.2) is 11.6 Å². The lowest BCUT2D eigenvalue weighted by Crippen LogP contribution is -2.23. The van der Waals surface area contributed by atoms with Crippen LogP contribution in [-0.2, 0) is 16.6 Å². The molecule has 0 aliphatic carbocycles. The molecule has 0 atom stereocenters. The van der Waals surface area contributed by atoms with Crippen LogP contribution in [-0.4, -0.2) is 8.42 Å². The van der Waals surface area contributed by atoms with Crippen LogP contribution in [0.4, 0.5) is 14.5 Å². The summed E-state index contributed by atoms with van der Waals surface area (Å²) in [5.74, 6) is -2.00. The Morgan fingerprint density at radius 3 is 2.43 bits per heavy atom. The smallest absolute Gasteiger partial charge is 0.240 e. The molecule has 3 N–H and O–H groups in total. The molecule has 0 aromatic heterocycles. The predicted molar refractivity (Wildman–Crippen MR) is 76.0 cm³/mol. The molecule has 2 rings (SSSR count). The number of nitrogens with two attached hydrogens (primary N) is 1. The van der Waals surface area contributed by atoms with Gasteiger partial charge in [-0.05, 0) is 42.3 Å². The molecule has 0 spiro atoms. The number of nitrogen functional groups attached to an aromatic ring is 1. The van der Waals surface area contributed by atoms with Crippen molar-refractivity contribution in [2.45, 2.75) is 18.4 Å². The van der Waals surface area contributed by atoms with Crippen LogP contribution < -0.4 is 10.5 Å². The number of rotatable bonds is 4. The number of benzene rings is 2. The first-order valence-electron chi connectivity index (χ1n) is 6.09. The number of aryl methyl sites for hydroxylation is 1. The highest BCUT2D eigenvalue weighted by Crippen LogP contribution is 2.17. The van der Waals surface area contributed by atoms with Gasteiger partial charge in [0.1, 0.15) is 0 Å². The van der Waals surface area contributed by atoms with Crippen molar-refractivity contribution < 1.29 is 17.2 Å². The zero-order valence-electron chi connectivity index (χ0n) is 11.2.